The number of thiazole rings is 1. The van der Waals surface area contributed by atoms with E-state index in [1.807, 2.05) is 20.0 Å². The molecule has 0 aliphatic carbocycles. The van der Waals surface area contributed by atoms with Crippen molar-refractivity contribution in [2.45, 2.75) is 33.7 Å². The van der Waals surface area contributed by atoms with Crippen molar-refractivity contribution in [3.05, 3.63) is 59.8 Å². The molecule has 5 heterocycles. The Morgan fingerprint density at radius 3 is 2.80 bits per heavy atom. The van der Waals surface area contributed by atoms with Crippen LogP contribution in [0.3, 0.4) is 0 Å². The van der Waals surface area contributed by atoms with Crippen molar-refractivity contribution in [2.75, 3.05) is 19.6 Å². The molecule has 2 aliphatic heterocycles. The predicted molar refractivity (Wildman–Crippen MR) is 133 cm³/mol. The summed E-state index contributed by atoms with van der Waals surface area (Å²) < 4.78 is 1.70. The fourth-order valence-electron chi connectivity index (χ4n) is 4.43. The van der Waals surface area contributed by atoms with Gasteiger partial charge in [-0.05, 0) is 25.3 Å². The van der Waals surface area contributed by atoms with Gasteiger partial charge in [0, 0.05) is 48.6 Å². The van der Waals surface area contributed by atoms with Crippen LogP contribution in [0.25, 0.3) is 15.3 Å². The molecule has 0 aromatic carbocycles. The van der Waals surface area contributed by atoms with Crippen LogP contribution >= 0.6 is 11.3 Å². The number of carbonyl (C=O) groups excluding carboxylic acids is 2. The van der Waals surface area contributed by atoms with Crippen molar-refractivity contribution in [3.8, 4) is 10.4 Å². The van der Waals surface area contributed by atoms with E-state index in [-0.39, 0.29) is 23.3 Å². The van der Waals surface area contributed by atoms with Crippen LogP contribution in [-0.4, -0.2) is 62.0 Å². The second-order valence-corrected chi connectivity index (χ2v) is 10.9. The molecule has 1 unspecified atom stereocenters. The van der Waals surface area contributed by atoms with E-state index in [0.29, 0.717) is 23.5 Å². The smallest absolute Gasteiger partial charge is 0.260 e. The Hall–Kier alpha value is -3.57. The molecule has 0 radical (unpaired) electrons. The Balaban J connectivity index is 1.28. The van der Waals surface area contributed by atoms with E-state index in [1.165, 1.54) is 17.7 Å². The van der Waals surface area contributed by atoms with Gasteiger partial charge in [-0.15, -0.1) is 11.3 Å². The topological polar surface area (TPSA) is 117 Å². The second-order valence-electron chi connectivity index (χ2n) is 9.82. The molecule has 0 bridgehead atoms. The van der Waals surface area contributed by atoms with Gasteiger partial charge in [-0.25, -0.2) is 14.5 Å². The molecular formula is C24H28N8O2S. The van der Waals surface area contributed by atoms with Crippen molar-refractivity contribution >= 4 is 28.0 Å². The summed E-state index contributed by atoms with van der Waals surface area (Å²) in [4.78, 5) is 37.8. The number of amides is 2. The van der Waals surface area contributed by atoms with E-state index in [1.54, 1.807) is 29.2 Å². The Morgan fingerprint density at radius 1 is 1.26 bits per heavy atom. The van der Waals surface area contributed by atoms with Gasteiger partial charge < -0.3 is 16.0 Å². The Bertz CT molecular complexity index is 1360. The van der Waals surface area contributed by atoms with Crippen LogP contribution in [0.5, 0.6) is 0 Å². The first-order valence-corrected chi connectivity index (χ1v) is 12.3. The third kappa shape index (κ3) is 4.82. The summed E-state index contributed by atoms with van der Waals surface area (Å²) in [6.07, 6.45) is 10.3. The lowest BCUT2D eigenvalue weighted by molar-refractivity contribution is -0.124. The predicted octanol–water partition coefficient (Wildman–Crippen LogP) is 2.07. The highest BCUT2D eigenvalue weighted by Crippen LogP contribution is 2.31. The molecule has 2 aliphatic rings. The molecule has 35 heavy (non-hydrogen) atoms. The molecule has 3 aromatic heterocycles. The third-order valence-electron chi connectivity index (χ3n) is 6.10. The van der Waals surface area contributed by atoms with Crippen molar-refractivity contribution in [1.82, 2.24) is 40.4 Å². The van der Waals surface area contributed by atoms with Crippen molar-refractivity contribution in [3.63, 3.8) is 0 Å². The minimum Gasteiger partial charge on any atom is -0.381 e. The van der Waals surface area contributed by atoms with E-state index in [0.717, 1.165) is 34.1 Å². The van der Waals surface area contributed by atoms with Crippen LogP contribution in [0.1, 0.15) is 36.8 Å². The number of likely N-dealkylation sites (tertiary alicyclic amines) is 1. The number of hydrogen-bond acceptors (Lipinski definition) is 8. The van der Waals surface area contributed by atoms with Gasteiger partial charge in [0.25, 0.3) is 5.91 Å². The molecule has 182 valence electrons. The number of rotatable bonds is 6. The summed E-state index contributed by atoms with van der Waals surface area (Å²) in [5, 5.41) is 13.5. The molecule has 5 rings (SSSR count). The zero-order valence-electron chi connectivity index (χ0n) is 20.1. The van der Waals surface area contributed by atoms with Crippen LogP contribution in [0.15, 0.2) is 48.6 Å². The van der Waals surface area contributed by atoms with Gasteiger partial charge >= 0.3 is 0 Å². The van der Waals surface area contributed by atoms with E-state index in [9.17, 15) is 9.59 Å². The maximum absolute atomic E-state index is 13.2. The summed E-state index contributed by atoms with van der Waals surface area (Å²) in [7, 11) is 0. The summed E-state index contributed by atoms with van der Waals surface area (Å²) >= 11 is 1.46. The maximum Gasteiger partial charge on any atom is 0.260 e. The summed E-state index contributed by atoms with van der Waals surface area (Å²) in [5.41, 5.74) is 3.80. The Morgan fingerprint density at radius 2 is 2.06 bits per heavy atom. The maximum atomic E-state index is 13.2. The van der Waals surface area contributed by atoms with Gasteiger partial charge in [-0.2, -0.15) is 5.10 Å². The average Bonchev–Trinajstić information content (AvgIpc) is 3.36. The van der Waals surface area contributed by atoms with E-state index >= 15 is 0 Å². The number of fused-ring (bicyclic) bond motifs is 1. The first-order valence-electron chi connectivity index (χ1n) is 11.4. The van der Waals surface area contributed by atoms with Crippen LogP contribution < -0.4 is 16.0 Å². The minimum absolute atomic E-state index is 0.0744. The lowest BCUT2D eigenvalue weighted by atomic mass is 9.84. The fourth-order valence-corrected chi connectivity index (χ4v) is 5.55. The molecule has 1 fully saturated rings. The van der Waals surface area contributed by atoms with Gasteiger partial charge in [-0.3, -0.25) is 14.5 Å². The van der Waals surface area contributed by atoms with Crippen molar-refractivity contribution < 1.29 is 9.59 Å². The van der Waals surface area contributed by atoms with Crippen LogP contribution in [0, 0.1) is 12.3 Å². The molecule has 1 atom stereocenters. The molecule has 3 N–H and O–H groups in total. The standard InChI is InChI=1S/C24H28N8O2S/c1-14-17(7-25-13-27-14)20-9-32-23(35-20)18(8-28-32)22(34)30-19-5-16(6-26-15(19)2)29-21(33)10-31-11-24(3,4)12-31/h5-9,13,15,26H,10-12H2,1-4H3,(H,29,33)(H,30,34). The zero-order chi connectivity index (χ0) is 24.7. The van der Waals surface area contributed by atoms with E-state index in [4.69, 9.17) is 0 Å². The molecule has 3 aromatic rings. The van der Waals surface area contributed by atoms with Gasteiger partial charge in [0.15, 0.2) is 0 Å². The normalized spacial score (nSPS) is 19.4. The monoisotopic (exact) mass is 492 g/mol. The van der Waals surface area contributed by atoms with Crippen LogP contribution in [-0.2, 0) is 4.79 Å². The zero-order valence-corrected chi connectivity index (χ0v) is 20.9. The summed E-state index contributed by atoms with van der Waals surface area (Å²) in [6.45, 7) is 10.4. The average molecular weight is 493 g/mol. The van der Waals surface area contributed by atoms with Gasteiger partial charge in [0.05, 0.1) is 34.9 Å². The molecule has 0 saturated carbocycles. The molecule has 1 saturated heterocycles. The third-order valence-corrected chi connectivity index (χ3v) is 7.24. The summed E-state index contributed by atoms with van der Waals surface area (Å²) in [6, 6.07) is -0.120. The number of aryl methyl sites for hydroxylation is 1. The molecule has 0 spiro atoms. The fraction of sp³-hybridized carbons (Fsp3) is 0.375. The number of dihydropyridines is 1. The number of hydrogen-bond donors (Lipinski definition) is 3. The second kappa shape index (κ2) is 8.90. The SMILES string of the molecule is Cc1ncncc1-c1cn2ncc(C(=O)NC3=CC(NC(=O)CN4CC(C)(C)C4)=CNC3C)c2s1. The quantitative estimate of drug-likeness (QED) is 0.482. The van der Waals surface area contributed by atoms with Crippen LogP contribution in [0.2, 0.25) is 0 Å². The molecule has 11 heteroatoms. The van der Waals surface area contributed by atoms with Gasteiger partial charge in [-0.1, -0.05) is 13.8 Å². The largest absolute Gasteiger partial charge is 0.381 e. The highest BCUT2D eigenvalue weighted by atomic mass is 32.1. The number of nitrogens with zero attached hydrogens (tertiary/aromatic N) is 5. The molecule has 2 amide bonds. The van der Waals surface area contributed by atoms with Gasteiger partial charge in [0.2, 0.25) is 5.91 Å². The first kappa shape index (κ1) is 23.2. The van der Waals surface area contributed by atoms with Crippen molar-refractivity contribution in [1.29, 1.82) is 0 Å². The highest BCUT2D eigenvalue weighted by molar-refractivity contribution is 7.21. The highest BCUT2D eigenvalue weighted by Gasteiger charge is 2.34. The molecular weight excluding hydrogens is 464 g/mol. The lowest BCUT2D eigenvalue weighted by Gasteiger charge is -2.45. The first-order chi connectivity index (χ1) is 16.7. The Labute approximate surface area is 207 Å². The van der Waals surface area contributed by atoms with Crippen LogP contribution in [0.4, 0.5) is 0 Å². The number of allylic oxidation sites excluding steroid dienone is 1. The van der Waals surface area contributed by atoms with Gasteiger partial charge in [0.1, 0.15) is 11.2 Å². The number of aromatic nitrogens is 4. The van der Waals surface area contributed by atoms with Crippen molar-refractivity contribution in [2.24, 2.45) is 5.41 Å². The Kier molecular flexibility index (Phi) is 5.89. The lowest BCUT2D eigenvalue weighted by Crippen LogP contribution is -2.55. The summed E-state index contributed by atoms with van der Waals surface area (Å²) in [5.74, 6) is -0.334. The van der Waals surface area contributed by atoms with E-state index in [2.05, 4.69) is 49.8 Å². The number of carbonyl (C=O) groups is 2. The minimum atomic E-state index is -0.260. The number of nitrogens with one attached hydrogen (secondary N) is 3. The van der Waals surface area contributed by atoms with E-state index < -0.39 is 0 Å². The molecule has 10 nitrogen and oxygen atoms in total.